The Bertz CT molecular complexity index is 1850. The molecule has 2 aliphatic heterocycles. The second-order valence-electron chi connectivity index (χ2n) is 9.98. The highest BCUT2D eigenvalue weighted by molar-refractivity contribution is 6.31. The summed E-state index contributed by atoms with van der Waals surface area (Å²) in [6, 6.07) is 19.0. The normalized spacial score (nSPS) is 19.4. The summed E-state index contributed by atoms with van der Waals surface area (Å²) >= 11 is 12.5. The number of H-pyrrole nitrogens is 1. The fraction of sp³-hybridized carbons (Fsp3) is 0.194. The van der Waals surface area contributed by atoms with Crippen molar-refractivity contribution in [1.82, 2.24) is 19.7 Å². The Kier molecular flexibility index (Phi) is 8.35. The van der Waals surface area contributed by atoms with Crippen molar-refractivity contribution in [2.45, 2.75) is 31.7 Å². The molecule has 0 aliphatic carbocycles. The van der Waals surface area contributed by atoms with Crippen LogP contribution in [0.5, 0.6) is 23.0 Å². The summed E-state index contributed by atoms with van der Waals surface area (Å²) in [4.78, 5) is 6.73. The highest BCUT2D eigenvalue weighted by Crippen LogP contribution is 2.47. The van der Waals surface area contributed by atoms with Crippen LogP contribution in [0.25, 0.3) is 11.1 Å². The van der Waals surface area contributed by atoms with Gasteiger partial charge in [0.2, 0.25) is 5.79 Å². The van der Waals surface area contributed by atoms with Crippen molar-refractivity contribution in [3.8, 4) is 40.2 Å². The van der Waals surface area contributed by atoms with E-state index < -0.39 is 12.1 Å². The van der Waals surface area contributed by atoms with E-state index in [1.807, 2.05) is 25.1 Å². The first kappa shape index (κ1) is 30.4. The van der Waals surface area contributed by atoms with Crippen LogP contribution in [0.3, 0.4) is 0 Å². The summed E-state index contributed by atoms with van der Waals surface area (Å²) in [5.41, 5.74) is 1.95. The number of hydrogen-bond donors (Lipinski definition) is 1. The summed E-state index contributed by atoms with van der Waals surface area (Å²) in [5, 5.41) is 14.2. The third-order valence-corrected chi connectivity index (χ3v) is 7.33. The zero-order chi connectivity index (χ0) is 31.6. The Morgan fingerprint density at radius 1 is 1.07 bits per heavy atom. The van der Waals surface area contributed by atoms with Crippen LogP contribution >= 0.6 is 23.2 Å². The number of hydrogen-bond acceptors (Lipinski definition) is 8. The molecule has 0 saturated carbocycles. The van der Waals surface area contributed by atoms with Crippen LogP contribution in [0.1, 0.15) is 18.1 Å². The number of fused-ring (bicyclic) bond motifs is 1. The molecule has 1 fully saturated rings. The number of aromatic amines is 1. The van der Waals surface area contributed by atoms with Crippen LogP contribution in [0, 0.1) is 11.3 Å². The SMILES string of the molecule is CC1COC(Cn2cncn2)(c2ccc(Oc3ccc(Cl)cc3)cc2Cl)O1.N#Cc1c[nH]cc1-c1cccc2c1OC(F)(F)O2. The maximum atomic E-state index is 13.0. The van der Waals surface area contributed by atoms with Crippen molar-refractivity contribution < 1.29 is 32.5 Å². The van der Waals surface area contributed by atoms with Crippen LogP contribution in [-0.4, -0.2) is 38.8 Å². The molecule has 5 aromatic rings. The van der Waals surface area contributed by atoms with Crippen molar-refractivity contribution >= 4 is 23.2 Å². The minimum atomic E-state index is -3.67. The minimum absolute atomic E-state index is 0.0393. The molecule has 1 N–H and O–H groups in total. The Balaban J connectivity index is 0.000000172. The van der Waals surface area contributed by atoms with Crippen molar-refractivity contribution in [3.63, 3.8) is 0 Å². The van der Waals surface area contributed by atoms with Crippen molar-refractivity contribution in [1.29, 1.82) is 5.26 Å². The fourth-order valence-electron chi connectivity index (χ4n) is 4.85. The lowest BCUT2D eigenvalue weighted by atomic mass is 10.0. The average molecular weight is 654 g/mol. The average Bonchev–Trinajstić information content (AvgIpc) is 3.81. The fourth-order valence-corrected chi connectivity index (χ4v) is 5.29. The molecule has 3 aromatic carbocycles. The van der Waals surface area contributed by atoms with E-state index in [0.717, 1.165) is 0 Å². The molecule has 0 radical (unpaired) electrons. The highest BCUT2D eigenvalue weighted by atomic mass is 35.5. The van der Waals surface area contributed by atoms with Crippen molar-refractivity contribution in [2.75, 3.05) is 6.61 Å². The molecule has 4 heterocycles. The molecule has 2 unspecified atom stereocenters. The Morgan fingerprint density at radius 2 is 1.87 bits per heavy atom. The van der Waals surface area contributed by atoms with Gasteiger partial charge in [-0.25, -0.2) is 9.67 Å². The number of halogens is 4. The summed E-state index contributed by atoms with van der Waals surface area (Å²) in [5.74, 6) is 0.153. The maximum absolute atomic E-state index is 13.0. The van der Waals surface area contributed by atoms with E-state index in [2.05, 4.69) is 24.5 Å². The Labute approximate surface area is 265 Å². The number of para-hydroxylation sites is 1. The highest BCUT2D eigenvalue weighted by Gasteiger charge is 2.45. The minimum Gasteiger partial charge on any atom is -0.457 e. The molecule has 0 amide bonds. The largest absolute Gasteiger partial charge is 0.586 e. The zero-order valence-corrected chi connectivity index (χ0v) is 24.9. The molecule has 2 aliphatic rings. The van der Waals surface area contributed by atoms with Crippen LogP contribution in [0.2, 0.25) is 10.0 Å². The van der Waals surface area contributed by atoms with Crippen LogP contribution < -0.4 is 14.2 Å². The molecule has 45 heavy (non-hydrogen) atoms. The second-order valence-corrected chi connectivity index (χ2v) is 10.8. The smallest absolute Gasteiger partial charge is 0.457 e. The van der Waals surface area contributed by atoms with Gasteiger partial charge in [0.05, 0.1) is 23.3 Å². The maximum Gasteiger partial charge on any atom is 0.586 e. The first-order valence-electron chi connectivity index (χ1n) is 13.5. The van der Waals surface area contributed by atoms with E-state index in [1.54, 1.807) is 59.7 Å². The van der Waals surface area contributed by atoms with Gasteiger partial charge in [-0.15, -0.1) is 8.78 Å². The van der Waals surface area contributed by atoms with E-state index in [9.17, 15) is 8.78 Å². The van der Waals surface area contributed by atoms with Gasteiger partial charge in [0, 0.05) is 34.1 Å². The molecule has 7 rings (SSSR count). The molecule has 10 nitrogen and oxygen atoms in total. The lowest BCUT2D eigenvalue weighted by Crippen LogP contribution is -2.34. The molecule has 2 atom stereocenters. The molecule has 14 heteroatoms. The number of rotatable bonds is 6. The summed E-state index contributed by atoms with van der Waals surface area (Å²) in [6.45, 7) is 2.76. The number of nitrogens with one attached hydrogen (secondary N) is 1. The molecular formula is C31H23Cl2F2N5O5. The summed E-state index contributed by atoms with van der Waals surface area (Å²) < 4.78 is 54.5. The molecule has 1 saturated heterocycles. The summed E-state index contributed by atoms with van der Waals surface area (Å²) in [7, 11) is 0. The van der Waals surface area contributed by atoms with Crippen LogP contribution in [0.15, 0.2) is 85.7 Å². The number of nitrogens with zero attached hydrogens (tertiary/aromatic N) is 4. The quantitative estimate of drug-likeness (QED) is 0.200. The van der Waals surface area contributed by atoms with Gasteiger partial charge in [0.15, 0.2) is 11.5 Å². The van der Waals surface area contributed by atoms with E-state index in [4.69, 9.17) is 42.7 Å². The lowest BCUT2D eigenvalue weighted by molar-refractivity contribution is -0.286. The number of ether oxygens (including phenoxy) is 5. The van der Waals surface area contributed by atoms with Crippen molar-refractivity contribution in [3.05, 3.63) is 107 Å². The van der Waals surface area contributed by atoms with Gasteiger partial charge < -0.3 is 28.7 Å². The molecule has 0 spiro atoms. The van der Waals surface area contributed by atoms with Gasteiger partial charge >= 0.3 is 6.29 Å². The predicted octanol–water partition coefficient (Wildman–Crippen LogP) is 7.54. The van der Waals surface area contributed by atoms with E-state index in [1.165, 1.54) is 18.6 Å². The molecule has 230 valence electrons. The third kappa shape index (κ3) is 6.57. The van der Waals surface area contributed by atoms with E-state index >= 15 is 0 Å². The third-order valence-electron chi connectivity index (χ3n) is 6.76. The Hall–Kier alpha value is -4.67. The van der Waals surface area contributed by atoms with E-state index in [0.29, 0.717) is 56.9 Å². The predicted molar refractivity (Wildman–Crippen MR) is 158 cm³/mol. The molecular weight excluding hydrogens is 631 g/mol. The first-order chi connectivity index (χ1) is 21.6. The summed E-state index contributed by atoms with van der Waals surface area (Å²) in [6.07, 6.45) is 2.40. The van der Waals surface area contributed by atoms with Gasteiger partial charge in [-0.1, -0.05) is 35.3 Å². The van der Waals surface area contributed by atoms with Gasteiger partial charge in [-0.05, 0) is 55.5 Å². The zero-order valence-electron chi connectivity index (χ0n) is 23.4. The number of benzene rings is 3. The number of alkyl halides is 2. The molecule has 0 bridgehead atoms. The molecule has 2 aromatic heterocycles. The van der Waals surface area contributed by atoms with Crippen LogP contribution in [0.4, 0.5) is 8.78 Å². The lowest BCUT2D eigenvalue weighted by Gasteiger charge is -2.29. The standard InChI is InChI=1S/C19H17Cl2N3O3.C12H6F2N2O2/c1-13-9-25-19(27-13,10-24-12-22-11-23-24)17-7-6-16(8-18(17)21)26-15-4-2-14(20)3-5-15;13-12(14)17-10-3-1-2-8(11(10)18-12)9-6-16-5-7(9)4-15/h2-8,11-13H,9-10H2,1H3;1-3,5-6,16H. The van der Waals surface area contributed by atoms with Gasteiger partial charge in [0.25, 0.3) is 0 Å². The number of aromatic nitrogens is 4. The van der Waals surface area contributed by atoms with Gasteiger partial charge in [0.1, 0.15) is 36.8 Å². The van der Waals surface area contributed by atoms with Crippen molar-refractivity contribution in [2.24, 2.45) is 0 Å². The van der Waals surface area contributed by atoms with Gasteiger partial charge in [-0.2, -0.15) is 10.4 Å². The first-order valence-corrected chi connectivity index (χ1v) is 14.2. The number of nitriles is 1. The second kappa shape index (κ2) is 12.4. The topological polar surface area (TPSA) is 116 Å². The van der Waals surface area contributed by atoms with Crippen LogP contribution in [-0.2, 0) is 21.8 Å². The monoisotopic (exact) mass is 653 g/mol. The van der Waals surface area contributed by atoms with E-state index in [-0.39, 0.29) is 17.6 Å². The van der Waals surface area contributed by atoms with Gasteiger partial charge in [-0.3, -0.25) is 0 Å². The Morgan fingerprint density at radius 3 is 2.56 bits per heavy atom.